The highest BCUT2D eigenvalue weighted by atomic mass is 15.7. The zero-order valence-electron chi connectivity index (χ0n) is 8.59. The number of nitrogen functional groups attached to an aromatic ring is 2. The summed E-state index contributed by atoms with van der Waals surface area (Å²) in [5.41, 5.74) is 10.7. The second kappa shape index (κ2) is 4.06. The number of rotatable bonds is 4. The molecule has 0 bridgehead atoms. The van der Waals surface area contributed by atoms with Crippen LogP contribution in [0.1, 0.15) is 0 Å². The number of anilines is 2. The first-order chi connectivity index (χ1) is 7.63. The van der Waals surface area contributed by atoms with E-state index in [0.717, 1.165) is 0 Å². The monoisotopic (exact) mass is 225 g/mol. The molecular formula is C5H11N11. The van der Waals surface area contributed by atoms with Crippen molar-refractivity contribution in [2.45, 2.75) is 13.3 Å². The molecule has 2 heterocycles. The lowest BCUT2D eigenvalue weighted by molar-refractivity contribution is 0.168. The van der Waals surface area contributed by atoms with Crippen molar-refractivity contribution in [1.29, 1.82) is 0 Å². The van der Waals surface area contributed by atoms with Crippen molar-refractivity contribution in [2.24, 2.45) is 0 Å². The quantitative estimate of drug-likeness (QED) is 0.571. The third-order valence-corrected chi connectivity index (χ3v) is 1.67. The van der Waals surface area contributed by atoms with Crippen LogP contribution in [-0.2, 0) is 13.3 Å². The second-order valence-corrected chi connectivity index (χ2v) is 3.18. The van der Waals surface area contributed by atoms with Crippen LogP contribution < -0.4 is 11.5 Å². The van der Waals surface area contributed by atoms with Gasteiger partial charge in [0.25, 0.3) is 11.9 Å². The van der Waals surface area contributed by atoms with Gasteiger partial charge in [-0.1, -0.05) is 10.2 Å². The van der Waals surface area contributed by atoms with Gasteiger partial charge in [0.1, 0.15) is 13.3 Å². The van der Waals surface area contributed by atoms with Gasteiger partial charge >= 0.3 is 0 Å². The van der Waals surface area contributed by atoms with Crippen molar-refractivity contribution in [3.8, 4) is 0 Å². The summed E-state index contributed by atoms with van der Waals surface area (Å²) in [7, 11) is 1.83. The molecule has 11 heteroatoms. The average molecular weight is 225 g/mol. The Morgan fingerprint density at radius 2 is 1.44 bits per heavy atom. The molecule has 0 aliphatic rings. The lowest BCUT2D eigenvalue weighted by Crippen LogP contribution is -2.27. The van der Waals surface area contributed by atoms with E-state index in [9.17, 15) is 0 Å². The minimum atomic E-state index is 0.136. The molecule has 0 unspecified atom stereocenters. The fourth-order valence-corrected chi connectivity index (χ4v) is 1.11. The molecule has 0 saturated heterocycles. The zero-order chi connectivity index (χ0) is 11.5. The molecule has 0 amide bonds. The molecule has 11 nitrogen and oxygen atoms in total. The summed E-state index contributed by atoms with van der Waals surface area (Å²) in [6, 6.07) is 0. The maximum Gasteiger partial charge on any atom is 0.260 e. The largest absolute Gasteiger partial charge is 0.365 e. The standard InChI is InChI=1S/C5H11N11/c1-14(2-15-10-4(6)8-12-15)3-16-11-5(7)9-13-16/h2-3H2,1H3,(H2,6,10)(H2,7,11). The van der Waals surface area contributed by atoms with Gasteiger partial charge in [-0.25, -0.2) is 0 Å². The van der Waals surface area contributed by atoms with Gasteiger partial charge in [-0.3, -0.25) is 4.90 Å². The molecule has 4 N–H and O–H groups in total. The van der Waals surface area contributed by atoms with Gasteiger partial charge in [0.15, 0.2) is 0 Å². The van der Waals surface area contributed by atoms with Crippen molar-refractivity contribution < 1.29 is 0 Å². The Labute approximate surface area is 90.0 Å². The minimum absolute atomic E-state index is 0.136. The van der Waals surface area contributed by atoms with Crippen LogP contribution in [0.2, 0.25) is 0 Å². The van der Waals surface area contributed by atoms with Crippen LogP contribution in [0.5, 0.6) is 0 Å². The molecule has 2 aromatic rings. The maximum absolute atomic E-state index is 5.33. The Hall–Kier alpha value is -2.30. The van der Waals surface area contributed by atoms with E-state index in [1.165, 1.54) is 9.59 Å². The van der Waals surface area contributed by atoms with Crippen LogP contribution in [0.25, 0.3) is 0 Å². The Bertz CT molecular complexity index is 414. The molecule has 86 valence electrons. The first-order valence-corrected chi connectivity index (χ1v) is 4.38. The summed E-state index contributed by atoms with van der Waals surface area (Å²) >= 11 is 0. The SMILES string of the molecule is CN(Cn1nnc(N)n1)Cn1nnc(N)n1. The van der Waals surface area contributed by atoms with Gasteiger partial charge in [0.2, 0.25) is 0 Å². The Balaban J connectivity index is 1.91. The Morgan fingerprint density at radius 1 is 1.00 bits per heavy atom. The van der Waals surface area contributed by atoms with E-state index in [4.69, 9.17) is 11.5 Å². The summed E-state index contributed by atoms with van der Waals surface area (Å²) < 4.78 is 0. The second-order valence-electron chi connectivity index (χ2n) is 3.18. The van der Waals surface area contributed by atoms with Gasteiger partial charge in [-0.05, 0) is 17.5 Å². The summed E-state index contributed by atoms with van der Waals surface area (Å²) in [6.07, 6.45) is 0. The number of nitrogens with zero attached hydrogens (tertiary/aromatic N) is 9. The number of tetrazole rings is 2. The van der Waals surface area contributed by atoms with E-state index < -0.39 is 0 Å². The molecule has 0 aliphatic carbocycles. The molecule has 16 heavy (non-hydrogen) atoms. The zero-order valence-corrected chi connectivity index (χ0v) is 8.59. The molecule has 0 fully saturated rings. The van der Waals surface area contributed by atoms with Crippen molar-refractivity contribution in [2.75, 3.05) is 18.5 Å². The van der Waals surface area contributed by atoms with Crippen LogP contribution in [0.3, 0.4) is 0 Å². The average Bonchev–Trinajstić information content (AvgIpc) is 2.76. The molecule has 0 radical (unpaired) electrons. The van der Waals surface area contributed by atoms with E-state index in [2.05, 4.69) is 30.8 Å². The minimum Gasteiger partial charge on any atom is -0.365 e. The highest BCUT2D eigenvalue weighted by Crippen LogP contribution is 1.92. The van der Waals surface area contributed by atoms with Crippen molar-refractivity contribution in [1.82, 2.24) is 45.3 Å². The fourth-order valence-electron chi connectivity index (χ4n) is 1.11. The lowest BCUT2D eigenvalue weighted by atomic mass is 10.8. The summed E-state index contributed by atoms with van der Waals surface area (Å²) in [4.78, 5) is 4.55. The number of aromatic nitrogens is 8. The third-order valence-electron chi connectivity index (χ3n) is 1.67. The summed E-state index contributed by atoms with van der Waals surface area (Å²) in [6.45, 7) is 0.817. The molecular weight excluding hydrogens is 214 g/mol. The van der Waals surface area contributed by atoms with Gasteiger partial charge in [0, 0.05) is 0 Å². The van der Waals surface area contributed by atoms with E-state index in [-0.39, 0.29) is 11.9 Å². The van der Waals surface area contributed by atoms with E-state index in [0.29, 0.717) is 13.3 Å². The van der Waals surface area contributed by atoms with Crippen molar-refractivity contribution in [3.05, 3.63) is 0 Å². The van der Waals surface area contributed by atoms with Gasteiger partial charge in [-0.15, -0.1) is 19.8 Å². The molecule has 2 aromatic heterocycles. The first-order valence-electron chi connectivity index (χ1n) is 4.38. The van der Waals surface area contributed by atoms with Gasteiger partial charge in [0.05, 0.1) is 0 Å². The molecule has 0 aromatic carbocycles. The smallest absolute Gasteiger partial charge is 0.260 e. The van der Waals surface area contributed by atoms with Crippen molar-refractivity contribution >= 4 is 11.9 Å². The fraction of sp³-hybridized carbons (Fsp3) is 0.600. The van der Waals surface area contributed by atoms with Crippen LogP contribution in [0.4, 0.5) is 11.9 Å². The van der Waals surface area contributed by atoms with Crippen molar-refractivity contribution in [3.63, 3.8) is 0 Å². The topological polar surface area (TPSA) is 142 Å². The summed E-state index contributed by atoms with van der Waals surface area (Å²) in [5.74, 6) is 0.271. The Morgan fingerprint density at radius 3 is 1.75 bits per heavy atom. The maximum atomic E-state index is 5.33. The van der Waals surface area contributed by atoms with E-state index >= 15 is 0 Å². The predicted molar refractivity (Wildman–Crippen MR) is 52.2 cm³/mol. The van der Waals surface area contributed by atoms with Crippen LogP contribution in [0, 0.1) is 0 Å². The molecule has 0 aliphatic heterocycles. The lowest BCUT2D eigenvalue weighted by Gasteiger charge is -2.13. The van der Waals surface area contributed by atoms with E-state index in [1.807, 2.05) is 11.9 Å². The molecule has 0 atom stereocenters. The highest BCUT2D eigenvalue weighted by molar-refractivity contribution is 5.06. The van der Waals surface area contributed by atoms with Gasteiger partial charge < -0.3 is 11.5 Å². The Kier molecular flexibility index (Phi) is 2.59. The van der Waals surface area contributed by atoms with Crippen LogP contribution in [-0.4, -0.2) is 52.4 Å². The normalized spacial score (nSPS) is 11.1. The molecule has 2 rings (SSSR count). The third kappa shape index (κ3) is 2.38. The number of hydrogen-bond acceptors (Lipinski definition) is 9. The molecule has 0 spiro atoms. The van der Waals surface area contributed by atoms with Gasteiger partial charge in [-0.2, -0.15) is 0 Å². The summed E-state index contributed by atoms with van der Waals surface area (Å²) in [5, 5.41) is 22.2. The van der Waals surface area contributed by atoms with E-state index in [1.54, 1.807) is 0 Å². The van der Waals surface area contributed by atoms with Crippen LogP contribution in [0.15, 0.2) is 0 Å². The number of hydrogen-bond donors (Lipinski definition) is 2. The molecule has 0 saturated carbocycles. The number of nitrogens with two attached hydrogens (primary N) is 2. The first kappa shape index (κ1) is 10.2. The predicted octanol–water partition coefficient (Wildman–Crippen LogP) is -2.63. The highest BCUT2D eigenvalue weighted by Gasteiger charge is 2.05. The van der Waals surface area contributed by atoms with Crippen LogP contribution >= 0.6 is 0 Å².